The highest BCUT2D eigenvalue weighted by Crippen LogP contribution is 2.29. The third-order valence-corrected chi connectivity index (χ3v) is 4.17. The van der Waals surface area contributed by atoms with Crippen LogP contribution in [0.5, 0.6) is 0 Å². The molecule has 0 aliphatic rings. The van der Waals surface area contributed by atoms with Gasteiger partial charge in [-0.3, -0.25) is 4.98 Å². The zero-order valence-corrected chi connectivity index (χ0v) is 12.7. The second kappa shape index (κ2) is 5.34. The molecule has 2 heterocycles. The van der Waals surface area contributed by atoms with E-state index in [1.165, 1.54) is 16.5 Å². The molecule has 1 aromatic carbocycles. The average molecular weight is 280 g/mol. The second-order valence-corrected chi connectivity index (χ2v) is 5.55. The van der Waals surface area contributed by atoms with Gasteiger partial charge in [0.25, 0.3) is 0 Å². The Morgan fingerprint density at radius 2 is 1.86 bits per heavy atom. The number of aryl methyl sites for hydroxylation is 2. The molecular weight excluding hydrogens is 260 g/mol. The molecule has 2 N–H and O–H groups in total. The summed E-state index contributed by atoms with van der Waals surface area (Å²) < 4.78 is 5.70. The van der Waals surface area contributed by atoms with Gasteiger partial charge in [0.1, 0.15) is 11.5 Å². The first kappa shape index (κ1) is 13.8. The summed E-state index contributed by atoms with van der Waals surface area (Å²) in [5.41, 5.74) is 11.0. The molecule has 0 amide bonds. The standard InChI is InChI=1S/C18H20N2O/c1-11-12(2)21-13(3)18(11)16(19)10-14-8-9-20-17-7-5-4-6-15(14)17/h4-9,16H,10,19H2,1-3H3. The van der Waals surface area contributed by atoms with E-state index in [1.807, 2.05) is 38.2 Å². The van der Waals surface area contributed by atoms with Gasteiger partial charge in [-0.05, 0) is 50.5 Å². The van der Waals surface area contributed by atoms with Crippen molar-refractivity contribution in [3.8, 4) is 0 Å². The van der Waals surface area contributed by atoms with Crippen molar-refractivity contribution in [1.82, 2.24) is 4.98 Å². The summed E-state index contributed by atoms with van der Waals surface area (Å²) in [5.74, 6) is 1.88. The van der Waals surface area contributed by atoms with Gasteiger partial charge in [-0.15, -0.1) is 0 Å². The van der Waals surface area contributed by atoms with E-state index >= 15 is 0 Å². The highest BCUT2D eigenvalue weighted by atomic mass is 16.3. The van der Waals surface area contributed by atoms with Crippen molar-refractivity contribution < 1.29 is 4.42 Å². The van der Waals surface area contributed by atoms with Crippen LogP contribution in [0.3, 0.4) is 0 Å². The van der Waals surface area contributed by atoms with E-state index in [1.54, 1.807) is 0 Å². The lowest BCUT2D eigenvalue weighted by atomic mass is 9.95. The third-order valence-electron chi connectivity index (χ3n) is 4.17. The van der Waals surface area contributed by atoms with Gasteiger partial charge in [0, 0.05) is 23.2 Å². The number of rotatable bonds is 3. The molecule has 2 aromatic heterocycles. The van der Waals surface area contributed by atoms with Crippen LogP contribution in [0, 0.1) is 20.8 Å². The van der Waals surface area contributed by atoms with Gasteiger partial charge in [0.05, 0.1) is 5.52 Å². The number of fused-ring (bicyclic) bond motifs is 1. The van der Waals surface area contributed by atoms with Crippen molar-refractivity contribution in [1.29, 1.82) is 0 Å². The summed E-state index contributed by atoms with van der Waals surface area (Å²) in [4.78, 5) is 4.40. The van der Waals surface area contributed by atoms with Gasteiger partial charge >= 0.3 is 0 Å². The Hall–Kier alpha value is -2.13. The van der Waals surface area contributed by atoms with E-state index in [0.29, 0.717) is 0 Å². The molecule has 3 heteroatoms. The molecular formula is C18H20N2O. The maximum Gasteiger partial charge on any atom is 0.106 e. The monoisotopic (exact) mass is 280 g/mol. The van der Waals surface area contributed by atoms with Crippen molar-refractivity contribution in [2.45, 2.75) is 33.2 Å². The third kappa shape index (κ3) is 2.45. The van der Waals surface area contributed by atoms with Crippen molar-refractivity contribution in [2.24, 2.45) is 5.73 Å². The van der Waals surface area contributed by atoms with Crippen LogP contribution in [-0.2, 0) is 6.42 Å². The van der Waals surface area contributed by atoms with Gasteiger partial charge in [-0.1, -0.05) is 18.2 Å². The number of pyridine rings is 1. The van der Waals surface area contributed by atoms with E-state index < -0.39 is 0 Å². The molecule has 21 heavy (non-hydrogen) atoms. The van der Waals surface area contributed by atoms with E-state index in [4.69, 9.17) is 10.2 Å². The van der Waals surface area contributed by atoms with Crippen LogP contribution in [0.2, 0.25) is 0 Å². The number of hydrogen-bond acceptors (Lipinski definition) is 3. The van der Waals surface area contributed by atoms with E-state index in [-0.39, 0.29) is 6.04 Å². The smallest absolute Gasteiger partial charge is 0.106 e. The predicted molar refractivity (Wildman–Crippen MR) is 85.3 cm³/mol. The van der Waals surface area contributed by atoms with Gasteiger partial charge in [0.15, 0.2) is 0 Å². The van der Waals surface area contributed by atoms with Crippen LogP contribution in [0.15, 0.2) is 40.9 Å². The van der Waals surface area contributed by atoms with Gasteiger partial charge in [-0.25, -0.2) is 0 Å². The molecule has 1 atom stereocenters. The fourth-order valence-electron chi connectivity index (χ4n) is 3.03. The molecule has 108 valence electrons. The lowest BCUT2D eigenvalue weighted by Crippen LogP contribution is -2.15. The minimum Gasteiger partial charge on any atom is -0.466 e. The summed E-state index contributed by atoms with van der Waals surface area (Å²) >= 11 is 0. The normalized spacial score (nSPS) is 12.8. The quantitative estimate of drug-likeness (QED) is 0.789. The molecule has 0 saturated carbocycles. The number of nitrogens with two attached hydrogens (primary N) is 1. The largest absolute Gasteiger partial charge is 0.466 e. The lowest BCUT2D eigenvalue weighted by Gasteiger charge is -2.14. The second-order valence-electron chi connectivity index (χ2n) is 5.55. The van der Waals surface area contributed by atoms with Gasteiger partial charge < -0.3 is 10.2 Å². The summed E-state index contributed by atoms with van der Waals surface area (Å²) in [7, 11) is 0. The van der Waals surface area contributed by atoms with Crippen LogP contribution in [0.25, 0.3) is 10.9 Å². The Morgan fingerprint density at radius 3 is 2.57 bits per heavy atom. The van der Waals surface area contributed by atoms with Gasteiger partial charge in [0.2, 0.25) is 0 Å². The molecule has 0 aliphatic heterocycles. The van der Waals surface area contributed by atoms with Crippen LogP contribution < -0.4 is 5.73 Å². The molecule has 1 unspecified atom stereocenters. The summed E-state index contributed by atoms with van der Waals surface area (Å²) in [5, 5.41) is 1.17. The first-order valence-corrected chi connectivity index (χ1v) is 7.22. The number of benzene rings is 1. The van der Waals surface area contributed by atoms with Gasteiger partial charge in [-0.2, -0.15) is 0 Å². The van der Waals surface area contributed by atoms with Crippen molar-refractivity contribution in [2.75, 3.05) is 0 Å². The molecule has 0 fully saturated rings. The first-order chi connectivity index (χ1) is 10.1. The molecule has 0 bridgehead atoms. The molecule has 0 spiro atoms. The predicted octanol–water partition coefficient (Wildman–Crippen LogP) is 4.00. The molecule has 3 aromatic rings. The number of hydrogen-bond donors (Lipinski definition) is 1. The number of para-hydroxylation sites is 1. The number of nitrogens with zero attached hydrogens (tertiary/aromatic N) is 1. The van der Waals surface area contributed by atoms with Crippen LogP contribution in [0.1, 0.15) is 34.3 Å². The molecule has 0 radical (unpaired) electrons. The van der Waals surface area contributed by atoms with E-state index in [9.17, 15) is 0 Å². The van der Waals surface area contributed by atoms with E-state index in [2.05, 4.69) is 24.0 Å². The number of aromatic nitrogens is 1. The Morgan fingerprint density at radius 1 is 1.10 bits per heavy atom. The molecule has 3 nitrogen and oxygen atoms in total. The highest BCUT2D eigenvalue weighted by molar-refractivity contribution is 5.81. The lowest BCUT2D eigenvalue weighted by molar-refractivity contribution is 0.496. The maximum absolute atomic E-state index is 6.45. The summed E-state index contributed by atoms with van der Waals surface area (Å²) in [6, 6.07) is 10.2. The average Bonchev–Trinajstić information content (AvgIpc) is 2.72. The van der Waals surface area contributed by atoms with Crippen LogP contribution in [0.4, 0.5) is 0 Å². The zero-order valence-electron chi connectivity index (χ0n) is 12.7. The summed E-state index contributed by atoms with van der Waals surface area (Å²) in [6.07, 6.45) is 2.63. The Bertz CT molecular complexity index is 784. The highest BCUT2D eigenvalue weighted by Gasteiger charge is 2.19. The Kier molecular flexibility index (Phi) is 3.52. The fraction of sp³-hybridized carbons (Fsp3) is 0.278. The first-order valence-electron chi connectivity index (χ1n) is 7.22. The molecule has 0 saturated heterocycles. The maximum atomic E-state index is 6.45. The molecule has 3 rings (SSSR count). The van der Waals surface area contributed by atoms with Crippen molar-refractivity contribution in [3.63, 3.8) is 0 Å². The fourth-order valence-corrected chi connectivity index (χ4v) is 3.03. The Labute approximate surface area is 124 Å². The Balaban J connectivity index is 1.98. The topological polar surface area (TPSA) is 52.0 Å². The SMILES string of the molecule is Cc1oc(C)c(C(N)Cc2ccnc3ccccc23)c1C. The zero-order chi connectivity index (χ0) is 15.0. The van der Waals surface area contributed by atoms with Crippen molar-refractivity contribution in [3.05, 3.63) is 64.7 Å². The van der Waals surface area contributed by atoms with Crippen LogP contribution >= 0.6 is 0 Å². The van der Waals surface area contributed by atoms with Crippen molar-refractivity contribution >= 4 is 10.9 Å². The molecule has 0 aliphatic carbocycles. The minimum absolute atomic E-state index is 0.0618. The number of furan rings is 1. The summed E-state index contributed by atoms with van der Waals surface area (Å²) in [6.45, 7) is 6.05. The van der Waals surface area contributed by atoms with Crippen LogP contribution in [-0.4, -0.2) is 4.98 Å². The van der Waals surface area contributed by atoms with E-state index in [0.717, 1.165) is 29.0 Å². The minimum atomic E-state index is -0.0618.